The molecule has 1 fully saturated rings. The number of carbonyl (C=O) groups excluding carboxylic acids is 1. The molecule has 4 rings (SSSR count). The first-order valence-corrected chi connectivity index (χ1v) is 12.0. The Hall–Kier alpha value is -2.90. The van der Waals surface area contributed by atoms with Crippen LogP contribution in [0.5, 0.6) is 5.75 Å². The van der Waals surface area contributed by atoms with E-state index in [2.05, 4.69) is 16.6 Å². The van der Waals surface area contributed by atoms with Crippen molar-refractivity contribution in [2.24, 2.45) is 10.9 Å². The Balaban J connectivity index is 1.22. The second-order valence-electron chi connectivity index (χ2n) is 9.25. The minimum atomic E-state index is -0.484. The average Bonchev–Trinajstić information content (AvgIpc) is 3.41. The van der Waals surface area contributed by atoms with Crippen molar-refractivity contribution in [3.63, 3.8) is 0 Å². The van der Waals surface area contributed by atoms with Crippen molar-refractivity contribution in [1.82, 2.24) is 14.5 Å². The standard InChI is InChI=1S/C25H33FN4O3/c1-17-24(32)28-25-27-21-15-22(20(26)14-19(21)16-30(17)25)33-13-7-11-23(31)29(2)12-6-5-10-18-8-3-4-9-18/h14-15,18H,1,3-13,16H2,2H3,(H,27,28,32). The number of amides is 1. The van der Waals surface area contributed by atoms with E-state index in [9.17, 15) is 14.0 Å². The highest BCUT2D eigenvalue weighted by Crippen LogP contribution is 2.30. The largest absolute Gasteiger partial charge is 0.490 e. The Morgan fingerprint density at radius 3 is 2.88 bits per heavy atom. The molecule has 33 heavy (non-hydrogen) atoms. The molecule has 2 aliphatic rings. The summed E-state index contributed by atoms with van der Waals surface area (Å²) < 4.78 is 21.8. The van der Waals surface area contributed by atoms with E-state index >= 15 is 0 Å². The maximum atomic E-state index is 14.5. The number of carbonyl (C=O) groups is 1. The topological polar surface area (TPSA) is 79.7 Å². The average molecular weight is 457 g/mol. The molecule has 1 aromatic carbocycles. The summed E-state index contributed by atoms with van der Waals surface area (Å²) in [4.78, 5) is 33.0. The molecule has 0 bridgehead atoms. The maximum absolute atomic E-state index is 14.5. The number of H-pyrrole nitrogens is 1. The normalized spacial score (nSPS) is 15.1. The van der Waals surface area contributed by atoms with E-state index < -0.39 is 5.82 Å². The van der Waals surface area contributed by atoms with Gasteiger partial charge in [0.05, 0.1) is 18.8 Å². The lowest BCUT2D eigenvalue weighted by Crippen LogP contribution is -2.32. The summed E-state index contributed by atoms with van der Waals surface area (Å²) in [5, 5.41) is 0.295. The van der Waals surface area contributed by atoms with Crippen LogP contribution in [-0.2, 0) is 11.3 Å². The first-order valence-electron chi connectivity index (χ1n) is 12.0. The van der Waals surface area contributed by atoms with Crippen LogP contribution in [0.15, 0.2) is 21.9 Å². The molecule has 1 aliphatic heterocycles. The third-order valence-corrected chi connectivity index (χ3v) is 6.81. The fourth-order valence-corrected chi connectivity index (χ4v) is 4.76. The monoisotopic (exact) mass is 456 g/mol. The van der Waals surface area contributed by atoms with Gasteiger partial charge >= 0.3 is 0 Å². The molecule has 1 aromatic heterocycles. The number of ether oxygens (including phenoxy) is 1. The van der Waals surface area contributed by atoms with Gasteiger partial charge in [-0.15, -0.1) is 0 Å². The molecular formula is C25H33FN4O3. The van der Waals surface area contributed by atoms with Crippen LogP contribution in [0, 0.1) is 11.7 Å². The van der Waals surface area contributed by atoms with Gasteiger partial charge in [-0.2, -0.15) is 0 Å². The molecule has 1 N–H and O–H groups in total. The number of benzene rings is 1. The summed E-state index contributed by atoms with van der Waals surface area (Å²) in [5.74, 6) is 0.604. The van der Waals surface area contributed by atoms with Gasteiger partial charge in [0.25, 0.3) is 5.56 Å². The molecule has 178 valence electrons. The zero-order chi connectivity index (χ0) is 23.4. The van der Waals surface area contributed by atoms with Crippen LogP contribution in [0.4, 0.5) is 10.1 Å². The summed E-state index contributed by atoms with van der Waals surface area (Å²) in [6, 6.07) is 2.92. The SMILES string of the molecule is C=c1c(=O)[nH]c2n1Cc1cc(F)c(OCCCC(=O)N(C)CCCCC3CCCC3)cc1N=2. The third-order valence-electron chi connectivity index (χ3n) is 6.81. The first-order chi connectivity index (χ1) is 15.9. The minimum absolute atomic E-state index is 0.0917. The van der Waals surface area contributed by atoms with Crippen LogP contribution in [-0.4, -0.2) is 40.6 Å². The molecule has 1 aliphatic carbocycles. The number of rotatable bonds is 10. The van der Waals surface area contributed by atoms with Gasteiger partial charge in [0.15, 0.2) is 11.6 Å². The van der Waals surface area contributed by atoms with Crippen molar-refractivity contribution in [1.29, 1.82) is 0 Å². The lowest BCUT2D eigenvalue weighted by Gasteiger charge is -2.18. The second kappa shape index (κ2) is 10.4. The summed E-state index contributed by atoms with van der Waals surface area (Å²) in [6.07, 6.45) is 9.90. The smallest absolute Gasteiger partial charge is 0.274 e. The number of imidazole rings is 1. The van der Waals surface area contributed by atoms with E-state index in [1.807, 2.05) is 7.05 Å². The lowest BCUT2D eigenvalue weighted by molar-refractivity contribution is -0.130. The van der Waals surface area contributed by atoms with E-state index in [0.29, 0.717) is 41.6 Å². The summed E-state index contributed by atoms with van der Waals surface area (Å²) in [6.45, 7) is 5.08. The zero-order valence-electron chi connectivity index (χ0n) is 19.4. The number of fused-ring (bicyclic) bond motifs is 2. The van der Waals surface area contributed by atoms with Crippen molar-refractivity contribution in [3.05, 3.63) is 44.8 Å². The number of hydrogen-bond donors (Lipinski definition) is 1. The van der Waals surface area contributed by atoms with E-state index in [4.69, 9.17) is 4.74 Å². The summed E-state index contributed by atoms with van der Waals surface area (Å²) >= 11 is 0. The van der Waals surface area contributed by atoms with Crippen molar-refractivity contribution >= 4 is 18.2 Å². The third kappa shape index (κ3) is 5.54. The van der Waals surface area contributed by atoms with Crippen molar-refractivity contribution < 1.29 is 13.9 Å². The molecule has 1 amide bonds. The number of nitrogens with one attached hydrogen (secondary N) is 1. The fourth-order valence-electron chi connectivity index (χ4n) is 4.76. The highest BCUT2D eigenvalue weighted by Gasteiger charge is 2.18. The van der Waals surface area contributed by atoms with Gasteiger partial charge in [-0.25, -0.2) is 9.38 Å². The van der Waals surface area contributed by atoms with Crippen LogP contribution < -0.4 is 21.3 Å². The fraction of sp³-hybridized carbons (Fsp3) is 0.560. The van der Waals surface area contributed by atoms with Crippen molar-refractivity contribution in [2.75, 3.05) is 20.2 Å². The Bertz CT molecular complexity index is 1160. The van der Waals surface area contributed by atoms with E-state index in [-0.39, 0.29) is 23.8 Å². The minimum Gasteiger partial charge on any atom is -0.490 e. The highest BCUT2D eigenvalue weighted by atomic mass is 19.1. The Morgan fingerprint density at radius 2 is 2.09 bits per heavy atom. The van der Waals surface area contributed by atoms with Crippen molar-refractivity contribution in [3.8, 4) is 5.75 Å². The van der Waals surface area contributed by atoms with Gasteiger partial charge in [0.1, 0.15) is 5.35 Å². The van der Waals surface area contributed by atoms with Crippen LogP contribution >= 0.6 is 0 Å². The Kier molecular flexibility index (Phi) is 7.30. The first kappa shape index (κ1) is 23.3. The lowest BCUT2D eigenvalue weighted by atomic mass is 10.0. The molecular weight excluding hydrogens is 423 g/mol. The molecule has 0 radical (unpaired) electrons. The molecule has 2 heterocycles. The molecule has 0 unspecified atom stereocenters. The number of nitrogens with zero attached hydrogens (tertiary/aromatic N) is 3. The van der Waals surface area contributed by atoms with E-state index in [1.165, 1.54) is 44.6 Å². The van der Waals surface area contributed by atoms with Crippen LogP contribution in [0.25, 0.3) is 6.58 Å². The van der Waals surface area contributed by atoms with Crippen molar-refractivity contribution in [2.45, 2.75) is 64.3 Å². The van der Waals surface area contributed by atoms with Gasteiger partial charge in [0, 0.05) is 31.6 Å². The number of unbranched alkanes of at least 4 members (excludes halogenated alkanes) is 1. The Morgan fingerprint density at radius 1 is 1.30 bits per heavy atom. The highest BCUT2D eigenvalue weighted by molar-refractivity contribution is 5.75. The van der Waals surface area contributed by atoms with Gasteiger partial charge < -0.3 is 14.2 Å². The molecule has 0 atom stereocenters. The van der Waals surface area contributed by atoms with Crippen LogP contribution in [0.2, 0.25) is 0 Å². The molecule has 0 saturated heterocycles. The maximum Gasteiger partial charge on any atom is 0.274 e. The summed E-state index contributed by atoms with van der Waals surface area (Å²) in [5.41, 5.74) is 1.31. The second-order valence-corrected chi connectivity index (χ2v) is 9.25. The zero-order valence-corrected chi connectivity index (χ0v) is 19.4. The van der Waals surface area contributed by atoms with Crippen LogP contribution in [0.3, 0.4) is 0 Å². The number of aromatic amines is 1. The summed E-state index contributed by atoms with van der Waals surface area (Å²) in [7, 11) is 1.85. The molecule has 0 spiro atoms. The van der Waals surface area contributed by atoms with Gasteiger partial charge in [0.2, 0.25) is 11.5 Å². The quantitative estimate of drug-likeness (QED) is 0.476. The molecule has 1 saturated carbocycles. The number of hydrogen-bond acceptors (Lipinski definition) is 4. The predicted octanol–water partition coefficient (Wildman–Crippen LogP) is 3.02. The van der Waals surface area contributed by atoms with Gasteiger partial charge in [-0.05, 0) is 24.8 Å². The molecule has 2 aromatic rings. The molecule has 8 heteroatoms. The van der Waals surface area contributed by atoms with Crippen LogP contribution in [0.1, 0.15) is 63.4 Å². The van der Waals surface area contributed by atoms with E-state index in [1.54, 1.807) is 15.5 Å². The predicted molar refractivity (Wildman–Crippen MR) is 125 cm³/mol. The van der Waals surface area contributed by atoms with E-state index in [0.717, 1.165) is 18.9 Å². The Labute approximate surface area is 193 Å². The molecule has 7 nitrogen and oxygen atoms in total. The number of aromatic nitrogens is 2. The van der Waals surface area contributed by atoms with Gasteiger partial charge in [-0.1, -0.05) is 45.1 Å². The van der Waals surface area contributed by atoms with Gasteiger partial charge in [-0.3, -0.25) is 14.6 Å². The number of halogens is 1.